The lowest BCUT2D eigenvalue weighted by atomic mass is 10.3. The molecule has 9 nitrogen and oxygen atoms in total. The van der Waals surface area contributed by atoms with Crippen LogP contribution in [-0.4, -0.2) is 25.5 Å². The number of thiazole rings is 1. The quantitative estimate of drug-likeness (QED) is 0.573. The summed E-state index contributed by atoms with van der Waals surface area (Å²) in [4.78, 5) is 35.4. The number of anilines is 3. The largest absolute Gasteiger partial charge is 0.457 e. The smallest absolute Gasteiger partial charge is 0.308 e. The van der Waals surface area contributed by atoms with Gasteiger partial charge in [-0.1, -0.05) is 11.3 Å². The molecule has 3 N–H and O–H groups in total. The Morgan fingerprint density at radius 2 is 2.04 bits per heavy atom. The molecule has 0 aliphatic heterocycles. The molecule has 0 fully saturated rings. The van der Waals surface area contributed by atoms with E-state index in [0.717, 1.165) is 17.0 Å². The van der Waals surface area contributed by atoms with Gasteiger partial charge in [-0.25, -0.2) is 4.39 Å². The first-order valence-electron chi connectivity index (χ1n) is 8.24. The normalized spacial score (nSPS) is 10.6. The fraction of sp³-hybridized carbons (Fsp3) is 0.235. The lowest BCUT2D eigenvalue weighted by molar-refractivity contribution is -0.145. The molecule has 0 atom stereocenters. The first-order valence-corrected chi connectivity index (χ1v) is 9.12. The number of nitrogens with one attached hydrogen (secondary N) is 1. The molecule has 3 rings (SSSR count). The van der Waals surface area contributed by atoms with E-state index in [0.29, 0.717) is 5.69 Å². The lowest BCUT2D eigenvalue weighted by Gasteiger charge is -2.08. The van der Waals surface area contributed by atoms with Crippen LogP contribution in [0.25, 0.3) is 0 Å². The number of aromatic nitrogens is 4. The van der Waals surface area contributed by atoms with Gasteiger partial charge in [0.1, 0.15) is 5.82 Å². The number of carbonyl (C=O) groups is 1. The first kappa shape index (κ1) is 19.4. The molecule has 0 aliphatic rings. The van der Waals surface area contributed by atoms with Crippen molar-refractivity contribution < 1.29 is 13.9 Å². The van der Waals surface area contributed by atoms with Gasteiger partial charge in [0.05, 0.1) is 6.42 Å². The molecular weight excluding hydrogens is 387 g/mol. The molecule has 0 spiro atoms. The van der Waals surface area contributed by atoms with Crippen molar-refractivity contribution in [1.29, 1.82) is 0 Å². The maximum atomic E-state index is 13.0. The van der Waals surface area contributed by atoms with Crippen molar-refractivity contribution in [3.05, 3.63) is 56.6 Å². The van der Waals surface area contributed by atoms with Gasteiger partial charge in [0.25, 0.3) is 0 Å². The summed E-state index contributed by atoms with van der Waals surface area (Å²) in [6.45, 7) is 1.84. The van der Waals surface area contributed by atoms with Crippen molar-refractivity contribution in [2.45, 2.75) is 26.5 Å². The number of ether oxygens (including phenoxy) is 1. The molecule has 0 saturated heterocycles. The van der Waals surface area contributed by atoms with Gasteiger partial charge < -0.3 is 20.4 Å². The van der Waals surface area contributed by atoms with Gasteiger partial charge in [-0.2, -0.15) is 15.0 Å². The third kappa shape index (κ3) is 5.10. The van der Waals surface area contributed by atoms with Crippen molar-refractivity contribution in [1.82, 2.24) is 19.5 Å². The Balaban J connectivity index is 1.58. The highest BCUT2D eigenvalue weighted by molar-refractivity contribution is 7.07. The van der Waals surface area contributed by atoms with Crippen LogP contribution in [-0.2, 0) is 22.7 Å². The Morgan fingerprint density at radius 1 is 1.29 bits per heavy atom. The van der Waals surface area contributed by atoms with E-state index in [1.54, 1.807) is 12.3 Å². The van der Waals surface area contributed by atoms with Crippen molar-refractivity contribution in [3.8, 4) is 0 Å². The highest BCUT2D eigenvalue weighted by Crippen LogP contribution is 2.14. The Kier molecular flexibility index (Phi) is 5.94. The number of hydrogen-bond acceptors (Lipinski definition) is 9. The van der Waals surface area contributed by atoms with E-state index in [1.165, 1.54) is 28.8 Å². The molecule has 2 aromatic heterocycles. The Labute approximate surface area is 163 Å². The lowest BCUT2D eigenvalue weighted by Crippen LogP contribution is -2.18. The van der Waals surface area contributed by atoms with Crippen LogP contribution in [0.15, 0.2) is 34.4 Å². The van der Waals surface area contributed by atoms with Gasteiger partial charge in [-0.15, -0.1) is 0 Å². The zero-order valence-electron chi connectivity index (χ0n) is 14.9. The molecular formula is C17H17FN6O3S. The summed E-state index contributed by atoms with van der Waals surface area (Å²) in [6.07, 6.45) is 0.0404. The van der Waals surface area contributed by atoms with Gasteiger partial charge in [0.2, 0.25) is 11.9 Å². The van der Waals surface area contributed by atoms with Crippen LogP contribution in [0.1, 0.15) is 17.9 Å². The SMILES string of the molecule is Cc1csc(=O)n1CCC(=O)OCc1nc(N)nc(Nc2ccc(F)cc2)n1. The van der Waals surface area contributed by atoms with Crippen molar-refractivity contribution in [3.63, 3.8) is 0 Å². The molecule has 0 unspecified atom stereocenters. The first-order chi connectivity index (χ1) is 13.4. The van der Waals surface area contributed by atoms with Crippen LogP contribution >= 0.6 is 11.3 Å². The second kappa shape index (κ2) is 8.57. The molecule has 1 aromatic carbocycles. The number of nitrogen functional groups attached to an aromatic ring is 1. The van der Waals surface area contributed by atoms with Crippen LogP contribution in [0.3, 0.4) is 0 Å². The molecule has 0 saturated carbocycles. The predicted octanol–water partition coefficient (Wildman–Crippen LogP) is 2.00. The second-order valence-corrected chi connectivity index (χ2v) is 6.59. The zero-order chi connectivity index (χ0) is 20.1. The minimum atomic E-state index is -0.496. The maximum Gasteiger partial charge on any atom is 0.308 e. The van der Waals surface area contributed by atoms with Gasteiger partial charge in [-0.3, -0.25) is 9.59 Å². The topological polar surface area (TPSA) is 125 Å². The summed E-state index contributed by atoms with van der Waals surface area (Å²) in [6, 6.07) is 5.61. The molecule has 11 heteroatoms. The number of hydrogen-bond donors (Lipinski definition) is 2. The summed E-state index contributed by atoms with van der Waals surface area (Å²) < 4.78 is 19.6. The number of halogens is 1. The van der Waals surface area contributed by atoms with E-state index in [1.807, 2.05) is 0 Å². The maximum absolute atomic E-state index is 13.0. The number of nitrogens with zero attached hydrogens (tertiary/aromatic N) is 4. The Morgan fingerprint density at radius 3 is 2.71 bits per heavy atom. The summed E-state index contributed by atoms with van der Waals surface area (Å²) in [7, 11) is 0. The summed E-state index contributed by atoms with van der Waals surface area (Å²) in [5.74, 6) is -0.608. The van der Waals surface area contributed by atoms with Gasteiger partial charge >= 0.3 is 10.8 Å². The van der Waals surface area contributed by atoms with Crippen LogP contribution in [0.2, 0.25) is 0 Å². The number of esters is 1. The van der Waals surface area contributed by atoms with Gasteiger partial charge in [0.15, 0.2) is 12.4 Å². The predicted molar refractivity (Wildman–Crippen MR) is 102 cm³/mol. The number of nitrogens with two attached hydrogens (primary N) is 1. The molecule has 0 bridgehead atoms. The number of benzene rings is 1. The van der Waals surface area contributed by atoms with Crippen LogP contribution in [0.4, 0.5) is 22.0 Å². The van der Waals surface area contributed by atoms with E-state index in [-0.39, 0.29) is 48.0 Å². The zero-order valence-corrected chi connectivity index (χ0v) is 15.7. The fourth-order valence-electron chi connectivity index (χ4n) is 2.32. The Bertz CT molecular complexity index is 1030. The molecule has 3 aromatic rings. The van der Waals surface area contributed by atoms with E-state index in [2.05, 4.69) is 20.3 Å². The minimum Gasteiger partial charge on any atom is -0.457 e. The van der Waals surface area contributed by atoms with E-state index < -0.39 is 5.97 Å². The summed E-state index contributed by atoms with van der Waals surface area (Å²) in [5, 5.41) is 4.60. The van der Waals surface area contributed by atoms with Crippen LogP contribution in [0.5, 0.6) is 0 Å². The standard InChI is InChI=1S/C17H17FN6O3S/c1-10-9-28-17(26)24(10)7-6-14(25)27-8-13-21-15(19)23-16(22-13)20-12-4-2-11(18)3-5-12/h2-5,9H,6-8H2,1H3,(H3,19,20,21,22,23). The monoisotopic (exact) mass is 404 g/mol. The van der Waals surface area contributed by atoms with Crippen LogP contribution < -0.4 is 15.9 Å². The molecule has 2 heterocycles. The van der Waals surface area contributed by atoms with Crippen molar-refractivity contribution >= 4 is 34.9 Å². The number of rotatable bonds is 7. The fourth-order valence-corrected chi connectivity index (χ4v) is 3.08. The van der Waals surface area contributed by atoms with Crippen molar-refractivity contribution in [2.75, 3.05) is 11.1 Å². The second-order valence-electron chi connectivity index (χ2n) is 5.77. The summed E-state index contributed by atoms with van der Waals surface area (Å²) >= 11 is 1.08. The highest BCUT2D eigenvalue weighted by Gasteiger charge is 2.10. The van der Waals surface area contributed by atoms with E-state index >= 15 is 0 Å². The average Bonchev–Trinajstić information content (AvgIpc) is 2.97. The van der Waals surface area contributed by atoms with Gasteiger partial charge in [-0.05, 0) is 31.2 Å². The molecule has 28 heavy (non-hydrogen) atoms. The molecule has 0 amide bonds. The Hall–Kier alpha value is -3.34. The molecule has 146 valence electrons. The van der Waals surface area contributed by atoms with E-state index in [4.69, 9.17) is 10.5 Å². The summed E-state index contributed by atoms with van der Waals surface area (Å²) in [5.41, 5.74) is 7.02. The number of aryl methyl sites for hydroxylation is 1. The molecule has 0 radical (unpaired) electrons. The third-order valence-electron chi connectivity index (χ3n) is 3.68. The van der Waals surface area contributed by atoms with Gasteiger partial charge in [0, 0.05) is 23.3 Å². The van der Waals surface area contributed by atoms with E-state index in [9.17, 15) is 14.0 Å². The minimum absolute atomic E-state index is 0.0404. The highest BCUT2D eigenvalue weighted by atomic mass is 32.1. The van der Waals surface area contributed by atoms with Crippen molar-refractivity contribution in [2.24, 2.45) is 0 Å². The third-order valence-corrected chi connectivity index (χ3v) is 4.56. The average molecular weight is 404 g/mol. The number of carbonyl (C=O) groups excluding carboxylic acids is 1. The van der Waals surface area contributed by atoms with Crippen LogP contribution in [0, 0.1) is 12.7 Å². The molecule has 0 aliphatic carbocycles.